The number of methoxy groups -OCH3 is 1. The number of rotatable bonds is 11. The first-order chi connectivity index (χ1) is 26.8. The number of amides is 3. The van der Waals surface area contributed by atoms with Crippen LogP contribution in [0.5, 0.6) is 5.75 Å². The van der Waals surface area contributed by atoms with E-state index in [2.05, 4.69) is 16.0 Å². The van der Waals surface area contributed by atoms with Gasteiger partial charge in [-0.15, -0.1) is 11.8 Å². The third-order valence-electron chi connectivity index (χ3n) is 8.88. The molecule has 0 spiro atoms. The average Bonchev–Trinajstić information content (AvgIpc) is 3.23. The summed E-state index contributed by atoms with van der Waals surface area (Å²) < 4.78 is 5.46. The molecule has 3 N–H and O–H groups in total. The van der Waals surface area contributed by atoms with Crippen molar-refractivity contribution in [2.75, 3.05) is 17.7 Å². The molecule has 1 aliphatic rings. The molecule has 9 nitrogen and oxygen atoms in total. The molecule has 1 unspecified atom stereocenters. The maximum atomic E-state index is 14.1. The van der Waals surface area contributed by atoms with Crippen LogP contribution in [0.15, 0.2) is 162 Å². The normalized spacial score (nSPS) is 12.5. The van der Waals surface area contributed by atoms with E-state index in [0.717, 1.165) is 10.5 Å². The van der Waals surface area contributed by atoms with Gasteiger partial charge >= 0.3 is 0 Å². The third kappa shape index (κ3) is 8.00. The van der Waals surface area contributed by atoms with Crippen LogP contribution in [-0.2, 0) is 9.59 Å². The maximum absolute atomic E-state index is 14.1. The minimum absolute atomic E-state index is 0.00406. The largest absolute Gasteiger partial charge is 0.496 e. The van der Waals surface area contributed by atoms with Crippen molar-refractivity contribution in [2.45, 2.75) is 10.1 Å². The Morgan fingerprint density at radius 1 is 0.636 bits per heavy atom. The minimum Gasteiger partial charge on any atom is -0.496 e. The summed E-state index contributed by atoms with van der Waals surface area (Å²) in [4.78, 5) is 68.5. The average molecular weight is 744 g/mol. The van der Waals surface area contributed by atoms with Gasteiger partial charge in [0.15, 0.2) is 11.6 Å². The number of ether oxygens (including phenoxy) is 1. The van der Waals surface area contributed by atoms with Gasteiger partial charge in [-0.2, -0.15) is 0 Å². The summed E-state index contributed by atoms with van der Waals surface area (Å²) in [5.41, 5.74) is 3.45. The second-order valence-corrected chi connectivity index (χ2v) is 13.6. The van der Waals surface area contributed by atoms with E-state index < -0.39 is 17.1 Å². The van der Waals surface area contributed by atoms with Crippen molar-refractivity contribution in [1.29, 1.82) is 0 Å². The number of benzene rings is 6. The molecule has 7 rings (SSSR count). The second-order valence-electron chi connectivity index (χ2n) is 12.4. The Hall–Kier alpha value is -7.04. The first kappa shape index (κ1) is 36.3. The zero-order valence-corrected chi connectivity index (χ0v) is 30.3. The Kier molecular flexibility index (Phi) is 10.8. The quantitative estimate of drug-likeness (QED) is 0.0897. The predicted octanol–water partition coefficient (Wildman–Crippen LogP) is 8.35. The number of ketones is 2. The van der Waals surface area contributed by atoms with E-state index in [9.17, 15) is 24.0 Å². The molecule has 270 valence electrons. The summed E-state index contributed by atoms with van der Waals surface area (Å²) in [6.45, 7) is 0. The van der Waals surface area contributed by atoms with Crippen LogP contribution < -0.4 is 20.7 Å². The summed E-state index contributed by atoms with van der Waals surface area (Å²) in [6.07, 6.45) is 1.55. The second kappa shape index (κ2) is 16.3. The zero-order chi connectivity index (χ0) is 38.3. The number of fused-ring (bicyclic) bond motifs is 2. The van der Waals surface area contributed by atoms with Crippen molar-refractivity contribution in [3.63, 3.8) is 0 Å². The zero-order valence-electron chi connectivity index (χ0n) is 29.4. The molecule has 0 heterocycles. The van der Waals surface area contributed by atoms with Gasteiger partial charge in [-0.25, -0.2) is 0 Å². The summed E-state index contributed by atoms with van der Waals surface area (Å²) in [5, 5.41) is 7.78. The number of para-hydroxylation sites is 1. The van der Waals surface area contributed by atoms with Crippen LogP contribution in [0.2, 0.25) is 0 Å². The molecule has 0 aliphatic heterocycles. The third-order valence-corrected chi connectivity index (χ3v) is 10.2. The lowest BCUT2D eigenvalue weighted by molar-refractivity contribution is -0.116. The van der Waals surface area contributed by atoms with Crippen molar-refractivity contribution in [3.8, 4) is 5.75 Å². The topological polar surface area (TPSA) is 131 Å². The van der Waals surface area contributed by atoms with Crippen molar-refractivity contribution in [1.82, 2.24) is 5.32 Å². The monoisotopic (exact) mass is 743 g/mol. The van der Waals surface area contributed by atoms with E-state index in [1.807, 2.05) is 30.3 Å². The lowest BCUT2D eigenvalue weighted by Gasteiger charge is -2.22. The summed E-state index contributed by atoms with van der Waals surface area (Å²) in [7, 11) is 1.53. The van der Waals surface area contributed by atoms with Crippen LogP contribution in [-0.4, -0.2) is 36.4 Å². The van der Waals surface area contributed by atoms with Crippen LogP contribution in [0.3, 0.4) is 0 Å². The molecule has 10 heteroatoms. The van der Waals surface area contributed by atoms with Crippen LogP contribution in [0.1, 0.15) is 58.6 Å². The number of nitrogens with one attached hydrogen (secondary N) is 3. The van der Waals surface area contributed by atoms with Crippen molar-refractivity contribution in [2.24, 2.45) is 0 Å². The Morgan fingerprint density at radius 3 is 1.96 bits per heavy atom. The lowest BCUT2D eigenvalue weighted by atomic mass is 9.83. The number of carbonyl (C=O) groups excluding carboxylic acids is 5. The van der Waals surface area contributed by atoms with Gasteiger partial charge in [-0.1, -0.05) is 103 Å². The van der Waals surface area contributed by atoms with Crippen LogP contribution in [0.25, 0.3) is 6.08 Å². The SMILES string of the molecule is COc1ccccc1/C=C(\NC(=O)c1ccccc1)C(=O)Nc1ccc(SC(C(=O)Nc2cccc3c2C(=O)c2ccccc2C3=O)c2ccccc2)cc1. The van der Waals surface area contributed by atoms with Gasteiger partial charge in [-0.3, -0.25) is 24.0 Å². The minimum atomic E-state index is -0.747. The molecule has 6 aromatic rings. The number of anilines is 2. The highest BCUT2D eigenvalue weighted by molar-refractivity contribution is 8.00. The first-order valence-electron chi connectivity index (χ1n) is 17.3. The van der Waals surface area contributed by atoms with Gasteiger partial charge in [0, 0.05) is 38.4 Å². The highest BCUT2D eigenvalue weighted by Gasteiger charge is 2.33. The number of hydrogen-bond donors (Lipinski definition) is 3. The fraction of sp³-hybridized carbons (Fsp3) is 0.0444. The molecule has 0 saturated heterocycles. The molecule has 55 heavy (non-hydrogen) atoms. The van der Waals surface area contributed by atoms with Gasteiger partial charge in [0.1, 0.15) is 16.7 Å². The van der Waals surface area contributed by atoms with E-state index in [-0.39, 0.29) is 40.0 Å². The van der Waals surface area contributed by atoms with E-state index in [1.54, 1.807) is 127 Å². The van der Waals surface area contributed by atoms with Crippen molar-refractivity contribution in [3.05, 3.63) is 196 Å². The molecule has 0 radical (unpaired) electrons. The van der Waals surface area contributed by atoms with Gasteiger partial charge < -0.3 is 20.7 Å². The molecule has 6 aromatic carbocycles. The number of hydrogen-bond acceptors (Lipinski definition) is 7. The fourth-order valence-corrected chi connectivity index (χ4v) is 7.21. The molecular formula is C45H33N3O6S. The van der Waals surface area contributed by atoms with Crippen LogP contribution in [0.4, 0.5) is 11.4 Å². The molecule has 0 bridgehead atoms. The summed E-state index contributed by atoms with van der Waals surface area (Å²) in [5.74, 6) is -1.48. The maximum Gasteiger partial charge on any atom is 0.272 e. The number of carbonyl (C=O) groups is 5. The van der Waals surface area contributed by atoms with Crippen LogP contribution in [0, 0.1) is 0 Å². The number of thioether (sulfide) groups is 1. The standard InChI is InChI=1S/C45H33N3O6S/c1-54-38-22-11-8-17-30(38)27-37(48-43(51)29-15-6-3-7-16-29)44(52)46-31-23-25-32(26-24-31)55-42(28-13-4-2-5-14-28)45(53)47-36-21-12-20-35-39(36)41(50)34-19-10-9-18-33(34)40(35)49/h2-27,42H,1H3,(H,46,52)(H,47,53)(H,48,51)/b37-27-. The Balaban J connectivity index is 1.11. The predicted molar refractivity (Wildman–Crippen MR) is 213 cm³/mol. The van der Waals surface area contributed by atoms with E-state index >= 15 is 0 Å². The lowest BCUT2D eigenvalue weighted by Crippen LogP contribution is -2.30. The Morgan fingerprint density at radius 2 is 1.25 bits per heavy atom. The van der Waals surface area contributed by atoms with Crippen molar-refractivity contribution >= 4 is 58.5 Å². The Bertz CT molecular complexity index is 2470. The summed E-state index contributed by atoms with van der Waals surface area (Å²) >= 11 is 1.28. The van der Waals surface area contributed by atoms with E-state index in [0.29, 0.717) is 33.7 Å². The van der Waals surface area contributed by atoms with Gasteiger partial charge in [0.2, 0.25) is 5.91 Å². The molecule has 3 amide bonds. The fourth-order valence-electron chi connectivity index (χ4n) is 6.18. The van der Waals surface area contributed by atoms with Crippen LogP contribution >= 0.6 is 11.8 Å². The molecule has 1 atom stereocenters. The van der Waals surface area contributed by atoms with Crippen molar-refractivity contribution < 1.29 is 28.7 Å². The molecular weight excluding hydrogens is 711 g/mol. The molecule has 0 saturated carbocycles. The highest BCUT2D eigenvalue weighted by Crippen LogP contribution is 2.38. The van der Waals surface area contributed by atoms with Gasteiger partial charge in [0.05, 0.1) is 18.4 Å². The van der Waals surface area contributed by atoms with Gasteiger partial charge in [-0.05, 0) is 60.2 Å². The van der Waals surface area contributed by atoms with Gasteiger partial charge in [0.25, 0.3) is 11.8 Å². The highest BCUT2D eigenvalue weighted by atomic mass is 32.2. The summed E-state index contributed by atoms with van der Waals surface area (Å²) in [6, 6.07) is 43.4. The Labute approximate surface area is 321 Å². The molecule has 0 aromatic heterocycles. The smallest absolute Gasteiger partial charge is 0.272 e. The molecule has 0 fully saturated rings. The van der Waals surface area contributed by atoms with E-state index in [4.69, 9.17) is 4.74 Å². The van der Waals surface area contributed by atoms with E-state index in [1.165, 1.54) is 18.9 Å². The molecule has 1 aliphatic carbocycles. The first-order valence-corrected chi connectivity index (χ1v) is 18.1.